The van der Waals surface area contributed by atoms with Gasteiger partial charge >= 0.3 is 5.69 Å². The molecule has 1 saturated heterocycles. The molecule has 29 heavy (non-hydrogen) atoms. The van der Waals surface area contributed by atoms with Crippen molar-refractivity contribution in [2.45, 2.75) is 23.8 Å². The summed E-state index contributed by atoms with van der Waals surface area (Å²) in [7, 11) is 0.0735. The molecular formula is C19H26N4O5S. The number of benzene rings is 1. The van der Waals surface area contributed by atoms with Crippen molar-refractivity contribution >= 4 is 10.0 Å². The highest BCUT2D eigenvalue weighted by Crippen LogP contribution is 2.22. The van der Waals surface area contributed by atoms with Crippen molar-refractivity contribution in [2.75, 3.05) is 26.7 Å². The molecule has 1 fully saturated rings. The van der Waals surface area contributed by atoms with Crippen LogP contribution in [0.1, 0.15) is 24.4 Å². The molecule has 3 rings (SSSR count). The van der Waals surface area contributed by atoms with Gasteiger partial charge in [-0.1, -0.05) is 12.1 Å². The van der Waals surface area contributed by atoms with E-state index in [9.17, 15) is 18.0 Å². The van der Waals surface area contributed by atoms with Crippen molar-refractivity contribution in [1.29, 1.82) is 0 Å². The van der Waals surface area contributed by atoms with E-state index >= 15 is 0 Å². The molecule has 9 nitrogen and oxygen atoms in total. The van der Waals surface area contributed by atoms with E-state index in [1.54, 1.807) is 31.4 Å². The number of sulfonamides is 1. The summed E-state index contributed by atoms with van der Waals surface area (Å²) in [6.45, 7) is 2.28. The maximum atomic E-state index is 13.1. The fraction of sp³-hybridized carbons (Fsp3) is 0.474. The maximum absolute atomic E-state index is 13.1. The SMILES string of the molecule is COc1ccc([C@H](CN2CCCC2)NS(=O)(=O)c2cn(C)c(=O)n(C)c2=O)cc1. The second-order valence-corrected chi connectivity index (χ2v) is 8.89. The maximum Gasteiger partial charge on any atom is 0.330 e. The number of aromatic nitrogens is 2. The predicted octanol–water partition coefficient (Wildman–Crippen LogP) is 0.208. The lowest BCUT2D eigenvalue weighted by Crippen LogP contribution is -2.43. The van der Waals surface area contributed by atoms with E-state index in [0.717, 1.165) is 46.8 Å². The van der Waals surface area contributed by atoms with Gasteiger partial charge < -0.3 is 14.2 Å². The van der Waals surface area contributed by atoms with Gasteiger partial charge in [0.1, 0.15) is 5.75 Å². The third-order valence-electron chi connectivity index (χ3n) is 5.16. The van der Waals surface area contributed by atoms with Crippen molar-refractivity contribution in [1.82, 2.24) is 18.8 Å². The molecule has 1 aliphatic heterocycles. The van der Waals surface area contributed by atoms with E-state index in [1.807, 2.05) is 0 Å². The lowest BCUT2D eigenvalue weighted by Gasteiger charge is -2.25. The average molecular weight is 423 g/mol. The molecule has 2 aromatic rings. The average Bonchev–Trinajstić information content (AvgIpc) is 3.21. The number of hydrogen-bond acceptors (Lipinski definition) is 6. The van der Waals surface area contributed by atoms with Gasteiger partial charge in [-0.25, -0.2) is 17.9 Å². The standard InChI is InChI=1S/C19H26N4O5S/c1-21-13-17(18(24)22(2)19(21)25)29(26,27)20-16(12-23-10-4-5-11-23)14-6-8-15(28-3)9-7-14/h6-9,13,16,20H,4-5,10-12H2,1-3H3/t16-/m0/s1. The normalized spacial score (nSPS) is 16.1. The first-order valence-corrected chi connectivity index (χ1v) is 10.9. The molecule has 1 atom stereocenters. The quantitative estimate of drug-likeness (QED) is 0.684. The molecule has 0 unspecified atom stereocenters. The Morgan fingerprint density at radius 3 is 2.31 bits per heavy atom. The van der Waals surface area contributed by atoms with Crippen molar-refractivity contribution in [2.24, 2.45) is 14.1 Å². The summed E-state index contributed by atoms with van der Waals surface area (Å²) in [5.74, 6) is 0.670. The predicted molar refractivity (Wildman–Crippen MR) is 109 cm³/mol. The van der Waals surface area contributed by atoms with Gasteiger partial charge in [-0.15, -0.1) is 0 Å². The van der Waals surface area contributed by atoms with Crippen LogP contribution in [0.3, 0.4) is 0 Å². The van der Waals surface area contributed by atoms with Crippen LogP contribution in [-0.2, 0) is 24.1 Å². The minimum atomic E-state index is -4.16. The second-order valence-electron chi connectivity index (χ2n) is 7.21. The monoisotopic (exact) mass is 422 g/mol. The van der Waals surface area contributed by atoms with Crippen LogP contribution in [0.15, 0.2) is 44.9 Å². The van der Waals surface area contributed by atoms with E-state index in [2.05, 4.69) is 9.62 Å². The third-order valence-corrected chi connectivity index (χ3v) is 6.61. The van der Waals surface area contributed by atoms with Crippen molar-refractivity contribution < 1.29 is 13.2 Å². The zero-order valence-electron chi connectivity index (χ0n) is 16.8. The fourth-order valence-electron chi connectivity index (χ4n) is 3.48. The number of likely N-dealkylation sites (tertiary alicyclic amines) is 1. The molecule has 0 bridgehead atoms. The lowest BCUT2D eigenvalue weighted by molar-refractivity contribution is 0.307. The van der Waals surface area contributed by atoms with E-state index < -0.39 is 32.2 Å². The first-order valence-electron chi connectivity index (χ1n) is 9.38. The molecule has 0 amide bonds. The molecule has 0 aliphatic carbocycles. The molecule has 0 spiro atoms. The van der Waals surface area contributed by atoms with Gasteiger partial charge in [-0.3, -0.25) is 9.36 Å². The van der Waals surface area contributed by atoms with Crippen LogP contribution in [0.5, 0.6) is 5.75 Å². The Morgan fingerprint density at radius 1 is 1.10 bits per heavy atom. The van der Waals surface area contributed by atoms with Gasteiger partial charge in [0.15, 0.2) is 4.90 Å². The Morgan fingerprint density at radius 2 is 1.72 bits per heavy atom. The number of nitrogens with zero attached hydrogens (tertiary/aromatic N) is 3. The van der Waals surface area contributed by atoms with Crippen LogP contribution in [-0.4, -0.2) is 49.2 Å². The topological polar surface area (TPSA) is 103 Å². The van der Waals surface area contributed by atoms with Crippen LogP contribution < -0.4 is 20.7 Å². The zero-order valence-corrected chi connectivity index (χ0v) is 17.6. The molecule has 1 N–H and O–H groups in total. The second kappa shape index (κ2) is 8.52. The van der Waals surface area contributed by atoms with Gasteiger partial charge in [-0.2, -0.15) is 0 Å². The Labute approximate surface area is 169 Å². The highest BCUT2D eigenvalue weighted by atomic mass is 32.2. The van der Waals surface area contributed by atoms with Crippen LogP contribution in [0.2, 0.25) is 0 Å². The number of ether oxygens (including phenoxy) is 1. The fourth-order valence-corrected chi connectivity index (χ4v) is 4.86. The summed E-state index contributed by atoms with van der Waals surface area (Å²) in [5, 5.41) is 0. The van der Waals surface area contributed by atoms with E-state index in [0.29, 0.717) is 12.3 Å². The van der Waals surface area contributed by atoms with Crippen LogP contribution in [0.25, 0.3) is 0 Å². The molecule has 10 heteroatoms. The number of aryl methyl sites for hydroxylation is 1. The molecule has 1 aromatic heterocycles. The summed E-state index contributed by atoms with van der Waals surface area (Å²) in [4.78, 5) is 26.1. The highest BCUT2D eigenvalue weighted by Gasteiger charge is 2.28. The van der Waals surface area contributed by atoms with E-state index in [-0.39, 0.29) is 0 Å². The number of methoxy groups -OCH3 is 1. The summed E-state index contributed by atoms with van der Waals surface area (Å²) < 4.78 is 35.9. The first kappa shape index (κ1) is 21.3. The Bertz CT molecular complexity index is 1080. The lowest BCUT2D eigenvalue weighted by atomic mass is 10.1. The summed E-state index contributed by atoms with van der Waals surface area (Å²) in [5.41, 5.74) is -0.670. The summed E-state index contributed by atoms with van der Waals surface area (Å²) in [6.07, 6.45) is 3.21. The molecule has 0 radical (unpaired) electrons. The smallest absolute Gasteiger partial charge is 0.330 e. The molecule has 1 aromatic carbocycles. The van der Waals surface area contributed by atoms with Crippen LogP contribution in [0.4, 0.5) is 0 Å². The number of hydrogen-bond donors (Lipinski definition) is 1. The largest absolute Gasteiger partial charge is 0.497 e. The number of nitrogens with one attached hydrogen (secondary N) is 1. The van der Waals surface area contributed by atoms with Gasteiger partial charge in [0.25, 0.3) is 5.56 Å². The minimum absolute atomic E-state index is 0.456. The highest BCUT2D eigenvalue weighted by molar-refractivity contribution is 7.89. The Balaban J connectivity index is 1.97. The van der Waals surface area contributed by atoms with Crippen LogP contribution in [0, 0.1) is 0 Å². The number of rotatable bonds is 7. The van der Waals surface area contributed by atoms with E-state index in [4.69, 9.17) is 4.74 Å². The van der Waals surface area contributed by atoms with Gasteiger partial charge in [-0.05, 0) is 43.6 Å². The van der Waals surface area contributed by atoms with Crippen molar-refractivity contribution in [3.05, 3.63) is 56.9 Å². The molecular weight excluding hydrogens is 396 g/mol. The van der Waals surface area contributed by atoms with Crippen molar-refractivity contribution in [3.8, 4) is 5.75 Å². The summed E-state index contributed by atoms with van der Waals surface area (Å²) in [6, 6.07) is 6.60. The zero-order chi connectivity index (χ0) is 21.2. The Kier molecular flexibility index (Phi) is 6.25. The van der Waals surface area contributed by atoms with Gasteiger partial charge in [0.2, 0.25) is 10.0 Å². The summed E-state index contributed by atoms with van der Waals surface area (Å²) >= 11 is 0. The van der Waals surface area contributed by atoms with Gasteiger partial charge in [0, 0.05) is 26.8 Å². The van der Waals surface area contributed by atoms with Gasteiger partial charge in [0.05, 0.1) is 13.2 Å². The molecule has 0 saturated carbocycles. The van der Waals surface area contributed by atoms with Crippen LogP contribution >= 0.6 is 0 Å². The first-order chi connectivity index (χ1) is 13.7. The Hall–Kier alpha value is -2.43. The molecule has 2 heterocycles. The minimum Gasteiger partial charge on any atom is -0.497 e. The molecule has 1 aliphatic rings. The third kappa shape index (κ3) is 4.60. The van der Waals surface area contributed by atoms with Crippen molar-refractivity contribution in [3.63, 3.8) is 0 Å². The molecule has 158 valence electrons. The van der Waals surface area contributed by atoms with E-state index in [1.165, 1.54) is 14.1 Å².